The molecule has 0 fully saturated rings. The summed E-state index contributed by atoms with van der Waals surface area (Å²) in [6.45, 7) is 2.50. The van der Waals surface area contributed by atoms with Crippen LogP contribution in [0.1, 0.15) is 18.5 Å². The first-order valence-electron chi connectivity index (χ1n) is 4.80. The third-order valence-corrected chi connectivity index (χ3v) is 2.78. The van der Waals surface area contributed by atoms with Gasteiger partial charge in [0.1, 0.15) is 5.84 Å². The Morgan fingerprint density at radius 1 is 1.53 bits per heavy atom. The van der Waals surface area contributed by atoms with Gasteiger partial charge < -0.3 is 5.73 Å². The van der Waals surface area contributed by atoms with Crippen molar-refractivity contribution < 1.29 is 0 Å². The van der Waals surface area contributed by atoms with E-state index < -0.39 is 0 Å². The third-order valence-electron chi connectivity index (χ3n) is 2.44. The van der Waals surface area contributed by atoms with Gasteiger partial charge in [-0.1, -0.05) is 29.8 Å². The van der Waals surface area contributed by atoms with Crippen LogP contribution in [0, 0.1) is 5.41 Å². The van der Waals surface area contributed by atoms with Crippen molar-refractivity contribution in [2.75, 3.05) is 13.6 Å². The quantitative estimate of drug-likeness (QED) is 0.610. The number of nitrogens with one attached hydrogen (secondary N) is 1. The van der Waals surface area contributed by atoms with Crippen LogP contribution in [0.4, 0.5) is 0 Å². The predicted octanol–water partition coefficient (Wildman–Crippen LogP) is 2.27. The average Bonchev–Trinajstić information content (AvgIpc) is 2.16. The lowest BCUT2D eigenvalue weighted by molar-refractivity contribution is 0.297. The van der Waals surface area contributed by atoms with Crippen LogP contribution in [0.5, 0.6) is 0 Å². The van der Waals surface area contributed by atoms with Gasteiger partial charge in [-0.25, -0.2) is 0 Å². The van der Waals surface area contributed by atoms with Crippen LogP contribution < -0.4 is 5.73 Å². The van der Waals surface area contributed by atoms with E-state index in [0.29, 0.717) is 6.54 Å². The summed E-state index contributed by atoms with van der Waals surface area (Å²) in [5, 5.41) is 7.99. The first kappa shape index (κ1) is 12.0. The standard InChI is InChI=1S/C11H16ClN3/c1-8(15(2)7-11(13)14)9-5-3-4-6-10(9)12/h3-6,8H,7H2,1-2H3,(H3,13,14). The molecular weight excluding hydrogens is 210 g/mol. The fourth-order valence-electron chi connectivity index (χ4n) is 1.46. The summed E-state index contributed by atoms with van der Waals surface area (Å²) in [7, 11) is 1.93. The van der Waals surface area contributed by atoms with Gasteiger partial charge in [0, 0.05) is 11.1 Å². The maximum absolute atomic E-state index is 7.24. The van der Waals surface area contributed by atoms with Gasteiger partial charge in [-0.2, -0.15) is 0 Å². The molecule has 0 bridgehead atoms. The van der Waals surface area contributed by atoms with Crippen molar-refractivity contribution in [3.8, 4) is 0 Å². The number of hydrogen-bond acceptors (Lipinski definition) is 2. The molecule has 1 aromatic carbocycles. The maximum Gasteiger partial charge on any atom is 0.105 e. The molecule has 1 rings (SSSR count). The second kappa shape index (κ2) is 5.14. The number of hydrogen-bond donors (Lipinski definition) is 2. The number of likely N-dealkylation sites (N-methyl/N-ethyl adjacent to an activating group) is 1. The highest BCUT2D eigenvalue weighted by molar-refractivity contribution is 6.31. The summed E-state index contributed by atoms with van der Waals surface area (Å²) in [4.78, 5) is 1.99. The van der Waals surface area contributed by atoms with E-state index in [1.54, 1.807) is 0 Å². The van der Waals surface area contributed by atoms with Crippen molar-refractivity contribution in [1.29, 1.82) is 5.41 Å². The van der Waals surface area contributed by atoms with Gasteiger partial charge in [0.25, 0.3) is 0 Å². The van der Waals surface area contributed by atoms with E-state index in [-0.39, 0.29) is 11.9 Å². The van der Waals surface area contributed by atoms with Crippen molar-refractivity contribution in [3.05, 3.63) is 34.9 Å². The Morgan fingerprint density at radius 2 is 2.13 bits per heavy atom. The molecule has 0 aromatic heterocycles. The predicted molar refractivity (Wildman–Crippen MR) is 64.4 cm³/mol. The van der Waals surface area contributed by atoms with Crippen molar-refractivity contribution >= 4 is 17.4 Å². The number of nitrogens with zero attached hydrogens (tertiary/aromatic N) is 1. The summed E-state index contributed by atoms with van der Waals surface area (Å²) >= 11 is 6.09. The lowest BCUT2D eigenvalue weighted by Crippen LogP contribution is -2.32. The van der Waals surface area contributed by atoms with Crippen molar-refractivity contribution in [3.63, 3.8) is 0 Å². The molecule has 0 aliphatic rings. The van der Waals surface area contributed by atoms with Crippen LogP contribution in [0.25, 0.3) is 0 Å². The SMILES string of the molecule is CC(c1ccccc1Cl)N(C)CC(=N)N. The lowest BCUT2D eigenvalue weighted by atomic mass is 10.1. The Labute approximate surface area is 95.3 Å². The Balaban J connectivity index is 2.80. The Kier molecular flexibility index (Phi) is 4.12. The topological polar surface area (TPSA) is 53.1 Å². The highest BCUT2D eigenvalue weighted by Crippen LogP contribution is 2.25. The highest BCUT2D eigenvalue weighted by atomic mass is 35.5. The molecule has 0 aliphatic carbocycles. The largest absolute Gasteiger partial charge is 0.387 e. The Bertz CT molecular complexity index is 351. The van der Waals surface area contributed by atoms with E-state index in [1.807, 2.05) is 43.1 Å². The van der Waals surface area contributed by atoms with Crippen LogP contribution in [-0.2, 0) is 0 Å². The number of amidine groups is 1. The molecule has 1 atom stereocenters. The van der Waals surface area contributed by atoms with Crippen LogP contribution in [0.15, 0.2) is 24.3 Å². The van der Waals surface area contributed by atoms with Crippen LogP contribution in [-0.4, -0.2) is 24.3 Å². The molecule has 1 aromatic rings. The number of halogens is 1. The zero-order valence-electron chi connectivity index (χ0n) is 9.00. The molecule has 3 nitrogen and oxygen atoms in total. The molecular formula is C11H16ClN3. The van der Waals surface area contributed by atoms with Gasteiger partial charge in [0.05, 0.1) is 6.54 Å². The van der Waals surface area contributed by atoms with E-state index in [4.69, 9.17) is 22.7 Å². The Hall–Kier alpha value is -1.06. The molecule has 0 saturated heterocycles. The molecule has 4 heteroatoms. The summed E-state index contributed by atoms with van der Waals surface area (Å²) in [6.07, 6.45) is 0. The normalized spacial score (nSPS) is 12.8. The Morgan fingerprint density at radius 3 is 2.67 bits per heavy atom. The van der Waals surface area contributed by atoms with E-state index in [9.17, 15) is 0 Å². The van der Waals surface area contributed by atoms with Crippen LogP contribution in [0.3, 0.4) is 0 Å². The second-order valence-electron chi connectivity index (χ2n) is 3.64. The van der Waals surface area contributed by atoms with Crippen LogP contribution >= 0.6 is 11.6 Å². The smallest absolute Gasteiger partial charge is 0.105 e. The molecule has 15 heavy (non-hydrogen) atoms. The number of benzene rings is 1. The molecule has 82 valence electrons. The molecule has 0 radical (unpaired) electrons. The van der Waals surface area contributed by atoms with Gasteiger partial charge in [0.2, 0.25) is 0 Å². The molecule has 0 saturated carbocycles. The maximum atomic E-state index is 7.24. The molecule has 0 spiro atoms. The monoisotopic (exact) mass is 225 g/mol. The first-order valence-corrected chi connectivity index (χ1v) is 5.17. The van der Waals surface area contributed by atoms with E-state index in [1.165, 1.54) is 0 Å². The first-order chi connectivity index (χ1) is 7.02. The van der Waals surface area contributed by atoms with Gasteiger partial charge in [-0.3, -0.25) is 10.3 Å². The lowest BCUT2D eigenvalue weighted by Gasteiger charge is -2.25. The van der Waals surface area contributed by atoms with E-state index >= 15 is 0 Å². The van der Waals surface area contributed by atoms with Gasteiger partial charge in [-0.15, -0.1) is 0 Å². The second-order valence-corrected chi connectivity index (χ2v) is 4.05. The van der Waals surface area contributed by atoms with E-state index in [2.05, 4.69) is 0 Å². The van der Waals surface area contributed by atoms with Gasteiger partial charge in [0.15, 0.2) is 0 Å². The van der Waals surface area contributed by atoms with Gasteiger partial charge >= 0.3 is 0 Å². The van der Waals surface area contributed by atoms with Crippen molar-refractivity contribution in [2.45, 2.75) is 13.0 Å². The minimum atomic E-state index is 0.155. The number of rotatable bonds is 4. The molecule has 0 heterocycles. The summed E-state index contributed by atoms with van der Waals surface area (Å²) in [5.74, 6) is 0.163. The zero-order valence-corrected chi connectivity index (χ0v) is 9.75. The van der Waals surface area contributed by atoms with Crippen molar-refractivity contribution in [2.24, 2.45) is 5.73 Å². The van der Waals surface area contributed by atoms with Gasteiger partial charge in [-0.05, 0) is 25.6 Å². The number of nitrogens with two attached hydrogens (primary N) is 1. The fourth-order valence-corrected chi connectivity index (χ4v) is 1.75. The minimum Gasteiger partial charge on any atom is -0.387 e. The van der Waals surface area contributed by atoms with Crippen molar-refractivity contribution in [1.82, 2.24) is 4.90 Å². The zero-order chi connectivity index (χ0) is 11.4. The average molecular weight is 226 g/mol. The minimum absolute atomic E-state index is 0.155. The summed E-state index contributed by atoms with van der Waals surface area (Å²) in [6, 6.07) is 7.88. The summed E-state index contributed by atoms with van der Waals surface area (Å²) in [5.41, 5.74) is 6.41. The fraction of sp³-hybridized carbons (Fsp3) is 0.364. The van der Waals surface area contributed by atoms with Crippen LogP contribution in [0.2, 0.25) is 5.02 Å². The highest BCUT2D eigenvalue weighted by Gasteiger charge is 2.14. The molecule has 1 unspecified atom stereocenters. The van der Waals surface area contributed by atoms with E-state index in [0.717, 1.165) is 10.6 Å². The molecule has 3 N–H and O–H groups in total. The molecule has 0 aliphatic heterocycles. The third kappa shape index (κ3) is 3.22. The summed E-state index contributed by atoms with van der Waals surface area (Å²) < 4.78 is 0. The molecule has 0 amide bonds.